The fraction of sp³-hybridized carbons (Fsp3) is 0.190. The summed E-state index contributed by atoms with van der Waals surface area (Å²) in [7, 11) is 0. The molecule has 232 valence electrons. The number of fused-ring (bicyclic) bond motifs is 4. The Morgan fingerprint density at radius 1 is 0.370 bits per heavy atom. The maximum Gasteiger partial charge on any atom is -1.00 e. The Labute approximate surface area is 320 Å². The Hall–Kier alpha value is -2.07. The van der Waals surface area contributed by atoms with E-state index >= 15 is 0 Å². The van der Waals surface area contributed by atoms with Crippen LogP contribution in [-0.2, 0) is 48.5 Å². The molecule has 0 heterocycles. The van der Waals surface area contributed by atoms with E-state index in [1.54, 1.807) is 0 Å². The van der Waals surface area contributed by atoms with Crippen molar-refractivity contribution in [3.8, 4) is 0 Å². The molecule has 4 aliphatic rings. The van der Waals surface area contributed by atoms with Crippen LogP contribution < -0.4 is 24.8 Å². The van der Waals surface area contributed by atoms with E-state index in [0.717, 1.165) is 0 Å². The molecule has 4 heteroatoms. The van der Waals surface area contributed by atoms with Crippen molar-refractivity contribution in [1.29, 1.82) is 0 Å². The molecule has 4 unspecified atom stereocenters. The van der Waals surface area contributed by atoms with E-state index in [0.29, 0.717) is 23.7 Å². The number of hydrogen-bond donors (Lipinski definition) is 0. The third kappa shape index (κ3) is 11.6. The van der Waals surface area contributed by atoms with Gasteiger partial charge in [0.05, 0.1) is 0 Å². The molecule has 0 spiro atoms. The summed E-state index contributed by atoms with van der Waals surface area (Å²) in [5, 5.41) is 0. The summed E-state index contributed by atoms with van der Waals surface area (Å²) >= 11 is 2.60. The zero-order chi connectivity index (χ0) is 31.9. The van der Waals surface area contributed by atoms with Gasteiger partial charge in [-0.2, -0.15) is 22.3 Å². The zero-order valence-corrected chi connectivity index (χ0v) is 33.5. The van der Waals surface area contributed by atoms with Gasteiger partial charge in [0.1, 0.15) is 0 Å². The summed E-state index contributed by atoms with van der Waals surface area (Å²) in [6, 6.07) is 33.8. The van der Waals surface area contributed by atoms with Crippen LogP contribution in [0.15, 0.2) is 97.1 Å². The summed E-state index contributed by atoms with van der Waals surface area (Å²) in [5.41, 5.74) is 10.9. The number of rotatable bonds is 0. The summed E-state index contributed by atoms with van der Waals surface area (Å²) in [5.74, 6) is 1.99. The minimum absolute atomic E-state index is 0. The van der Waals surface area contributed by atoms with Crippen LogP contribution in [-0.4, -0.2) is 8.42 Å². The average molecular weight is 798 g/mol. The first-order chi connectivity index (χ1) is 21.5. The van der Waals surface area contributed by atoms with Crippen LogP contribution in [0.25, 0.3) is 24.3 Å². The molecule has 0 radical (unpaired) electrons. The molecule has 0 saturated carbocycles. The second-order valence-corrected chi connectivity index (χ2v) is 10.6. The first-order valence-electron chi connectivity index (χ1n) is 14.9. The van der Waals surface area contributed by atoms with Crippen LogP contribution in [0, 0.1) is 24.3 Å². The van der Waals surface area contributed by atoms with Crippen LogP contribution in [0.5, 0.6) is 0 Å². The standard InChI is InChI=1S/4C10H9.2CH2.2ClH.2Zr/c4*1-8-6-7-9-4-2-3-5-10(8)9;;;;;;/h4*2-5,7-8H,1H3;2*1H2;2*1H;;/q4*-1;;;;;2*+2/p-2. The Morgan fingerprint density at radius 3 is 0.717 bits per heavy atom. The molecular formula is C42H40Cl2Zr2-2. The van der Waals surface area contributed by atoms with Crippen molar-refractivity contribution in [2.45, 2.75) is 51.4 Å². The molecule has 46 heavy (non-hydrogen) atoms. The van der Waals surface area contributed by atoms with Gasteiger partial charge in [0.2, 0.25) is 0 Å². The van der Waals surface area contributed by atoms with Crippen LogP contribution in [0.3, 0.4) is 0 Å². The van der Waals surface area contributed by atoms with E-state index in [1.165, 1.54) is 93.0 Å². The number of halogens is 2. The molecule has 4 aromatic rings. The maximum atomic E-state index is 3.34. The molecule has 0 N–H and O–H groups in total. The van der Waals surface area contributed by atoms with E-state index in [9.17, 15) is 0 Å². The summed E-state index contributed by atoms with van der Waals surface area (Å²) in [6.45, 7) is 8.68. The van der Waals surface area contributed by atoms with Gasteiger partial charge in [0.25, 0.3) is 0 Å². The summed E-state index contributed by atoms with van der Waals surface area (Å²) < 4.78 is 6.68. The van der Waals surface area contributed by atoms with Gasteiger partial charge in [-0.1, -0.05) is 124 Å². The van der Waals surface area contributed by atoms with E-state index in [1.807, 2.05) is 0 Å². The van der Waals surface area contributed by atoms with E-state index in [-0.39, 0.29) is 24.8 Å². The quantitative estimate of drug-likeness (QED) is 0.232. The van der Waals surface area contributed by atoms with Crippen molar-refractivity contribution in [3.63, 3.8) is 0 Å². The van der Waals surface area contributed by atoms with E-state index in [4.69, 9.17) is 0 Å². The van der Waals surface area contributed by atoms with Crippen molar-refractivity contribution < 1.29 is 73.3 Å². The molecule has 0 amide bonds. The predicted octanol–water partition coefficient (Wildman–Crippen LogP) is 4.42. The first kappa shape index (κ1) is 41.9. The van der Waals surface area contributed by atoms with Gasteiger partial charge in [-0.25, -0.2) is 24.3 Å². The Kier molecular flexibility index (Phi) is 20.5. The van der Waals surface area contributed by atoms with Gasteiger partial charge < -0.3 is 24.8 Å². The van der Waals surface area contributed by atoms with Gasteiger partial charge in [-0.3, -0.25) is 24.3 Å². The predicted molar refractivity (Wildman–Crippen MR) is 184 cm³/mol. The molecule has 0 fully saturated rings. The number of hydrogen-bond acceptors (Lipinski definition) is 0. The van der Waals surface area contributed by atoms with Crippen molar-refractivity contribution in [2.24, 2.45) is 0 Å². The fourth-order valence-corrected chi connectivity index (χ4v) is 5.36. The minimum Gasteiger partial charge on any atom is -1.00 e. The number of allylic oxidation sites excluding steroid dienone is 4. The van der Waals surface area contributed by atoms with Crippen LogP contribution in [0.1, 0.15) is 95.9 Å². The molecule has 0 saturated heterocycles. The van der Waals surface area contributed by atoms with Crippen molar-refractivity contribution in [1.82, 2.24) is 0 Å². The Bertz CT molecular complexity index is 1380. The fourth-order valence-electron chi connectivity index (χ4n) is 5.36. The maximum absolute atomic E-state index is 3.34. The van der Waals surface area contributed by atoms with Crippen LogP contribution >= 0.6 is 0 Å². The SMILES string of the molecule is CC1[C-]=Cc2ccccc21.CC1[C-]=Cc2ccccc21.CC1[C-]=Cc2ccccc21.CC1[C-]=Cc2ccccc21.[CH2]=[Zr+2].[CH2]=[Zr+2].[Cl-].[Cl-]. The molecular weight excluding hydrogens is 758 g/mol. The van der Waals surface area contributed by atoms with Gasteiger partial charge in [-0.05, 0) is 0 Å². The molecule has 4 atom stereocenters. The first-order valence-corrected chi connectivity index (χ1v) is 18.4. The molecule has 8 rings (SSSR count). The Balaban J connectivity index is 0.000000292. The van der Waals surface area contributed by atoms with Gasteiger partial charge >= 0.3 is 56.9 Å². The van der Waals surface area contributed by atoms with Crippen LogP contribution in [0.4, 0.5) is 0 Å². The molecule has 4 aromatic carbocycles. The van der Waals surface area contributed by atoms with Gasteiger partial charge in [0, 0.05) is 0 Å². The smallest absolute Gasteiger partial charge is 1.00 e. The molecule has 0 bridgehead atoms. The summed E-state index contributed by atoms with van der Waals surface area (Å²) in [4.78, 5) is 0. The number of benzene rings is 4. The van der Waals surface area contributed by atoms with Gasteiger partial charge in [0.15, 0.2) is 0 Å². The summed E-state index contributed by atoms with van der Waals surface area (Å²) in [6.07, 6.45) is 21.3. The molecule has 0 aliphatic heterocycles. The zero-order valence-electron chi connectivity index (χ0n) is 27.0. The third-order valence-electron chi connectivity index (χ3n) is 7.81. The average Bonchev–Trinajstić information content (AvgIpc) is 3.87. The largest absolute Gasteiger partial charge is 1.00 e. The monoisotopic (exact) mass is 794 g/mol. The molecule has 0 aromatic heterocycles. The second-order valence-electron chi connectivity index (χ2n) is 10.6. The van der Waals surface area contributed by atoms with E-state index in [2.05, 4.69) is 182 Å². The van der Waals surface area contributed by atoms with Crippen molar-refractivity contribution >= 4 is 32.7 Å². The second kappa shape index (κ2) is 22.5. The van der Waals surface area contributed by atoms with Crippen LogP contribution in [0.2, 0.25) is 0 Å². The molecule has 4 aliphatic carbocycles. The van der Waals surface area contributed by atoms with Crippen molar-refractivity contribution in [2.75, 3.05) is 0 Å². The molecule has 0 nitrogen and oxygen atoms in total. The topological polar surface area (TPSA) is 0 Å². The minimum atomic E-state index is 0. The van der Waals surface area contributed by atoms with E-state index < -0.39 is 0 Å². The van der Waals surface area contributed by atoms with Crippen molar-refractivity contribution in [3.05, 3.63) is 166 Å². The normalized spacial score (nSPS) is 18.6. The third-order valence-corrected chi connectivity index (χ3v) is 7.81. The van der Waals surface area contributed by atoms with Gasteiger partial charge in [-0.15, -0.1) is 46.5 Å². The Morgan fingerprint density at radius 2 is 0.543 bits per heavy atom.